The van der Waals surface area contributed by atoms with Gasteiger partial charge < -0.3 is 14.7 Å². The second-order valence-electron chi connectivity index (χ2n) is 6.99. The number of nitrogens with zero attached hydrogens (tertiary/aromatic N) is 1. The van der Waals surface area contributed by atoms with Gasteiger partial charge in [-0.2, -0.15) is 0 Å². The molecule has 1 N–H and O–H groups in total. The molecule has 0 radical (unpaired) electrons. The molecule has 2 rings (SSSR count). The summed E-state index contributed by atoms with van der Waals surface area (Å²) in [6, 6.07) is 0. The lowest BCUT2D eigenvalue weighted by Gasteiger charge is -2.33. The van der Waals surface area contributed by atoms with Crippen molar-refractivity contribution in [1.29, 1.82) is 0 Å². The highest BCUT2D eigenvalue weighted by Gasteiger charge is 2.58. The molecule has 1 saturated carbocycles. The molecular formula is C15H23NO5. The predicted molar refractivity (Wildman–Crippen MR) is 74.5 cm³/mol. The molecule has 1 aliphatic carbocycles. The molecule has 1 saturated heterocycles. The number of hydrogen-bond acceptors (Lipinski definition) is 4. The van der Waals surface area contributed by atoms with Crippen LogP contribution in [0.25, 0.3) is 0 Å². The molecule has 0 aromatic carbocycles. The number of carbonyl (C=O) groups excluding carboxylic acids is 2. The average molecular weight is 297 g/mol. The third kappa shape index (κ3) is 3.36. The Balaban J connectivity index is 1.88. The summed E-state index contributed by atoms with van der Waals surface area (Å²) in [4.78, 5) is 37.0. The van der Waals surface area contributed by atoms with E-state index in [1.807, 2.05) is 20.8 Å². The van der Waals surface area contributed by atoms with E-state index >= 15 is 0 Å². The Morgan fingerprint density at radius 3 is 2.05 bits per heavy atom. The van der Waals surface area contributed by atoms with E-state index in [0.717, 1.165) is 0 Å². The normalized spacial score (nSPS) is 21.8. The van der Waals surface area contributed by atoms with Gasteiger partial charge in [0.2, 0.25) is 5.91 Å². The second-order valence-corrected chi connectivity index (χ2v) is 6.99. The van der Waals surface area contributed by atoms with Crippen LogP contribution in [0.5, 0.6) is 0 Å². The van der Waals surface area contributed by atoms with Gasteiger partial charge in [0.15, 0.2) is 0 Å². The fraction of sp³-hybridized carbons (Fsp3) is 0.800. The van der Waals surface area contributed by atoms with Crippen molar-refractivity contribution in [2.45, 2.75) is 52.1 Å². The molecule has 2 fully saturated rings. The first kappa shape index (κ1) is 15.8. The van der Waals surface area contributed by atoms with E-state index in [1.165, 1.54) is 0 Å². The van der Waals surface area contributed by atoms with Gasteiger partial charge in [-0.3, -0.25) is 14.4 Å². The summed E-state index contributed by atoms with van der Waals surface area (Å²) in [7, 11) is 0. The first-order valence-electron chi connectivity index (χ1n) is 7.41. The largest absolute Gasteiger partial charge is 0.480 e. The molecule has 118 valence electrons. The summed E-state index contributed by atoms with van der Waals surface area (Å²) in [5.74, 6) is -1.75. The van der Waals surface area contributed by atoms with Gasteiger partial charge in [0.05, 0.1) is 5.92 Å². The number of rotatable bonds is 3. The van der Waals surface area contributed by atoms with Crippen LogP contribution in [0.2, 0.25) is 0 Å². The van der Waals surface area contributed by atoms with E-state index in [9.17, 15) is 14.4 Å². The van der Waals surface area contributed by atoms with Crippen LogP contribution in [0.15, 0.2) is 0 Å². The Morgan fingerprint density at radius 2 is 1.67 bits per heavy atom. The summed E-state index contributed by atoms with van der Waals surface area (Å²) in [5.41, 5.74) is -1.69. The van der Waals surface area contributed by atoms with Gasteiger partial charge in [-0.15, -0.1) is 0 Å². The van der Waals surface area contributed by atoms with Crippen LogP contribution in [0.3, 0.4) is 0 Å². The zero-order valence-electron chi connectivity index (χ0n) is 12.8. The summed E-state index contributed by atoms with van der Waals surface area (Å²) >= 11 is 0. The molecule has 0 aromatic rings. The van der Waals surface area contributed by atoms with Gasteiger partial charge in [0.25, 0.3) is 0 Å². The summed E-state index contributed by atoms with van der Waals surface area (Å²) in [5, 5.41) is 9.15. The lowest BCUT2D eigenvalue weighted by atomic mass is 9.95. The molecule has 2 aliphatic rings. The van der Waals surface area contributed by atoms with Crippen molar-refractivity contribution in [3.8, 4) is 0 Å². The van der Waals surface area contributed by atoms with E-state index in [4.69, 9.17) is 9.84 Å². The standard InChI is InChI=1S/C15H23NO5/c1-14(2,3)21-11(17)10-4-8-16(9-5-10)12(18)15(6-7-15)13(19)20/h10H,4-9H2,1-3H3,(H,19,20). The highest BCUT2D eigenvalue weighted by Crippen LogP contribution is 2.47. The number of aliphatic carboxylic acids is 1. The van der Waals surface area contributed by atoms with Gasteiger partial charge in [-0.25, -0.2) is 0 Å². The molecule has 1 aliphatic heterocycles. The topological polar surface area (TPSA) is 83.9 Å². The number of ether oxygens (including phenoxy) is 1. The summed E-state index contributed by atoms with van der Waals surface area (Å²) < 4.78 is 5.35. The lowest BCUT2D eigenvalue weighted by Crippen LogP contribution is -2.46. The van der Waals surface area contributed by atoms with Crippen molar-refractivity contribution in [3.05, 3.63) is 0 Å². The molecule has 0 unspecified atom stereocenters. The van der Waals surface area contributed by atoms with Gasteiger partial charge >= 0.3 is 11.9 Å². The number of carboxylic acid groups (broad SMARTS) is 1. The van der Waals surface area contributed by atoms with Gasteiger partial charge in [0.1, 0.15) is 11.0 Å². The van der Waals surface area contributed by atoms with E-state index in [1.54, 1.807) is 4.90 Å². The molecule has 6 heteroatoms. The maximum absolute atomic E-state index is 12.3. The van der Waals surface area contributed by atoms with Crippen LogP contribution in [-0.4, -0.2) is 46.5 Å². The molecular weight excluding hydrogens is 274 g/mol. The third-order valence-corrected chi connectivity index (χ3v) is 4.09. The number of amides is 1. The van der Waals surface area contributed by atoms with E-state index in [0.29, 0.717) is 38.8 Å². The first-order valence-corrected chi connectivity index (χ1v) is 7.41. The van der Waals surface area contributed by atoms with E-state index in [-0.39, 0.29) is 17.8 Å². The minimum atomic E-state index is -1.18. The minimum Gasteiger partial charge on any atom is -0.480 e. The number of likely N-dealkylation sites (tertiary alicyclic amines) is 1. The van der Waals surface area contributed by atoms with Crippen LogP contribution in [0.1, 0.15) is 46.5 Å². The Labute approximate surface area is 124 Å². The van der Waals surface area contributed by atoms with E-state index in [2.05, 4.69) is 0 Å². The Bertz CT molecular complexity index is 453. The van der Waals surface area contributed by atoms with Crippen LogP contribution in [0.4, 0.5) is 0 Å². The fourth-order valence-electron chi connectivity index (χ4n) is 2.65. The van der Waals surface area contributed by atoms with Gasteiger partial charge in [-0.05, 0) is 46.5 Å². The molecule has 0 bridgehead atoms. The Hall–Kier alpha value is -1.59. The third-order valence-electron chi connectivity index (χ3n) is 4.09. The molecule has 0 aromatic heterocycles. The summed E-state index contributed by atoms with van der Waals surface area (Å²) in [6.45, 7) is 6.34. The second kappa shape index (κ2) is 5.31. The van der Waals surface area contributed by atoms with Crippen LogP contribution in [0, 0.1) is 11.3 Å². The van der Waals surface area contributed by atoms with Gasteiger partial charge in [0, 0.05) is 13.1 Å². The SMILES string of the molecule is CC(C)(C)OC(=O)C1CCN(C(=O)C2(C(=O)O)CC2)CC1. The number of hydrogen-bond donors (Lipinski definition) is 1. The fourth-order valence-corrected chi connectivity index (χ4v) is 2.65. The quantitative estimate of drug-likeness (QED) is 0.629. The van der Waals surface area contributed by atoms with Crippen molar-refractivity contribution in [1.82, 2.24) is 4.90 Å². The van der Waals surface area contributed by atoms with Crippen molar-refractivity contribution < 1.29 is 24.2 Å². The predicted octanol–water partition coefficient (Wildman–Crippen LogP) is 1.43. The maximum Gasteiger partial charge on any atom is 0.319 e. The zero-order chi connectivity index (χ0) is 15.8. The summed E-state index contributed by atoms with van der Waals surface area (Å²) in [6.07, 6.45) is 1.92. The maximum atomic E-state index is 12.3. The molecule has 1 amide bonds. The smallest absolute Gasteiger partial charge is 0.319 e. The Kier molecular flexibility index (Phi) is 4.00. The van der Waals surface area contributed by atoms with Crippen molar-refractivity contribution >= 4 is 17.8 Å². The van der Waals surface area contributed by atoms with Crippen molar-refractivity contribution in [2.75, 3.05) is 13.1 Å². The van der Waals surface area contributed by atoms with Crippen LogP contribution in [-0.2, 0) is 19.1 Å². The highest BCUT2D eigenvalue weighted by atomic mass is 16.6. The van der Waals surface area contributed by atoms with Gasteiger partial charge in [-0.1, -0.05) is 0 Å². The molecule has 1 heterocycles. The number of carbonyl (C=O) groups is 3. The number of esters is 1. The monoisotopic (exact) mass is 297 g/mol. The molecule has 0 atom stereocenters. The lowest BCUT2D eigenvalue weighted by molar-refractivity contribution is -0.164. The molecule has 6 nitrogen and oxygen atoms in total. The van der Waals surface area contributed by atoms with Crippen molar-refractivity contribution in [2.24, 2.45) is 11.3 Å². The van der Waals surface area contributed by atoms with Crippen LogP contribution >= 0.6 is 0 Å². The van der Waals surface area contributed by atoms with Crippen molar-refractivity contribution in [3.63, 3.8) is 0 Å². The first-order chi connectivity index (χ1) is 9.66. The zero-order valence-corrected chi connectivity index (χ0v) is 12.8. The molecule has 21 heavy (non-hydrogen) atoms. The van der Waals surface area contributed by atoms with Crippen LogP contribution < -0.4 is 0 Å². The average Bonchev–Trinajstić information content (AvgIpc) is 3.17. The van der Waals surface area contributed by atoms with E-state index < -0.39 is 17.0 Å². The molecule has 0 spiro atoms. The highest BCUT2D eigenvalue weighted by molar-refractivity contribution is 6.04. The number of carboxylic acids is 1. The Morgan fingerprint density at radius 1 is 1.14 bits per heavy atom. The minimum absolute atomic E-state index is 0.201. The number of piperidine rings is 1.